The lowest BCUT2D eigenvalue weighted by Crippen LogP contribution is -2.05. The van der Waals surface area contributed by atoms with Gasteiger partial charge in [0.15, 0.2) is 11.5 Å². The molecule has 0 spiro atoms. The van der Waals surface area contributed by atoms with Gasteiger partial charge >= 0.3 is 0 Å². The van der Waals surface area contributed by atoms with E-state index in [1.165, 1.54) is 6.33 Å². The number of fused-ring (bicyclic) bond motifs is 1. The van der Waals surface area contributed by atoms with Crippen molar-refractivity contribution in [2.45, 2.75) is 0 Å². The molecule has 0 amide bonds. The Labute approximate surface area is 135 Å². The Morgan fingerprint density at radius 3 is 2.48 bits per heavy atom. The van der Waals surface area contributed by atoms with Crippen LogP contribution in [0.5, 0.6) is 11.5 Å². The van der Waals surface area contributed by atoms with E-state index in [2.05, 4.69) is 30.2 Å². The van der Waals surface area contributed by atoms with Gasteiger partial charge in [0.25, 0.3) is 0 Å². The van der Waals surface area contributed by atoms with Crippen molar-refractivity contribution >= 4 is 40.2 Å². The van der Waals surface area contributed by atoms with Crippen LogP contribution in [0.2, 0.25) is 5.28 Å². The second kappa shape index (κ2) is 6.05. The predicted octanol–water partition coefficient (Wildman–Crippen LogP) is 1.81. The minimum Gasteiger partial charge on any atom is -0.493 e. The zero-order chi connectivity index (χ0) is 16.4. The molecule has 2 aromatic heterocycles. The molecule has 10 heteroatoms. The van der Waals surface area contributed by atoms with Crippen molar-refractivity contribution in [3.63, 3.8) is 0 Å². The van der Waals surface area contributed by atoms with E-state index >= 15 is 0 Å². The minimum absolute atomic E-state index is 0.00473. The van der Waals surface area contributed by atoms with E-state index in [1.54, 1.807) is 26.4 Å². The van der Waals surface area contributed by atoms with E-state index in [-0.39, 0.29) is 17.2 Å². The number of aromatic nitrogens is 5. The number of nitrogens with one attached hydrogen (secondary N) is 1. The van der Waals surface area contributed by atoms with Crippen molar-refractivity contribution in [3.8, 4) is 11.5 Å². The summed E-state index contributed by atoms with van der Waals surface area (Å²) in [6.07, 6.45) is 1.41. The molecule has 0 radical (unpaired) electrons. The molecule has 0 fully saturated rings. The first-order valence-corrected chi connectivity index (χ1v) is 6.79. The summed E-state index contributed by atoms with van der Waals surface area (Å²) < 4.78 is 10.6. The summed E-state index contributed by atoms with van der Waals surface area (Å²) in [7, 11) is 3.10. The molecule has 0 unspecified atom stereocenters. The standard InChI is InChI=1S/C13H12ClN7O2/c1-22-8-3-6-7(4-9(8)23-2)16-5-17-10(6)18-13-20-11(14)19-12(15)21-13/h3-5H,1-2H3,(H3,15,16,17,18,19,20,21). The van der Waals surface area contributed by atoms with Crippen molar-refractivity contribution in [1.29, 1.82) is 0 Å². The molecule has 1 aromatic carbocycles. The molecule has 118 valence electrons. The van der Waals surface area contributed by atoms with Gasteiger partial charge in [-0.3, -0.25) is 0 Å². The minimum atomic E-state index is -0.0161. The summed E-state index contributed by atoms with van der Waals surface area (Å²) >= 11 is 5.77. The molecular formula is C13H12ClN7O2. The Kier molecular flexibility index (Phi) is 3.94. The smallest absolute Gasteiger partial charge is 0.234 e. The Morgan fingerprint density at radius 1 is 1.04 bits per heavy atom. The van der Waals surface area contributed by atoms with Crippen molar-refractivity contribution in [3.05, 3.63) is 23.7 Å². The lowest BCUT2D eigenvalue weighted by atomic mass is 10.2. The number of nitrogens with two attached hydrogens (primary N) is 1. The second-order valence-corrected chi connectivity index (χ2v) is 4.70. The number of hydrogen-bond donors (Lipinski definition) is 2. The van der Waals surface area contributed by atoms with Gasteiger partial charge in [0.2, 0.25) is 17.2 Å². The number of nitrogen functional groups attached to an aromatic ring is 1. The first-order valence-electron chi connectivity index (χ1n) is 6.41. The van der Waals surface area contributed by atoms with Gasteiger partial charge in [-0.2, -0.15) is 15.0 Å². The van der Waals surface area contributed by atoms with E-state index in [1.807, 2.05) is 0 Å². The number of ether oxygens (including phenoxy) is 2. The summed E-state index contributed by atoms with van der Waals surface area (Å²) in [4.78, 5) is 20.0. The fraction of sp³-hybridized carbons (Fsp3) is 0.154. The number of halogens is 1. The molecule has 0 saturated heterocycles. The van der Waals surface area contributed by atoms with Gasteiger partial charge in [-0.25, -0.2) is 9.97 Å². The first kappa shape index (κ1) is 15.0. The Bertz CT molecular complexity index is 854. The highest BCUT2D eigenvalue weighted by Crippen LogP contribution is 2.34. The van der Waals surface area contributed by atoms with Crippen molar-refractivity contribution in [1.82, 2.24) is 24.9 Å². The highest BCUT2D eigenvalue weighted by molar-refractivity contribution is 6.28. The normalized spacial score (nSPS) is 10.6. The molecule has 2 heterocycles. The number of hydrogen-bond acceptors (Lipinski definition) is 9. The van der Waals surface area contributed by atoms with Crippen LogP contribution >= 0.6 is 11.6 Å². The third kappa shape index (κ3) is 2.99. The fourth-order valence-electron chi connectivity index (χ4n) is 2.01. The van der Waals surface area contributed by atoms with Gasteiger partial charge in [-0.05, 0) is 17.7 Å². The maximum atomic E-state index is 5.77. The molecule has 0 aliphatic carbocycles. The van der Waals surface area contributed by atoms with Crippen LogP contribution in [-0.2, 0) is 0 Å². The summed E-state index contributed by atoms with van der Waals surface area (Å²) in [5, 5.41) is 3.62. The number of rotatable bonds is 4. The SMILES string of the molecule is COc1cc2ncnc(Nc3nc(N)nc(Cl)n3)c2cc1OC. The van der Waals surface area contributed by atoms with Crippen LogP contribution < -0.4 is 20.5 Å². The molecule has 3 rings (SSSR count). The zero-order valence-electron chi connectivity index (χ0n) is 12.2. The van der Waals surface area contributed by atoms with Gasteiger partial charge in [-0.15, -0.1) is 0 Å². The molecular weight excluding hydrogens is 322 g/mol. The quantitative estimate of drug-likeness (QED) is 0.736. The van der Waals surface area contributed by atoms with E-state index in [0.29, 0.717) is 28.2 Å². The Balaban J connectivity index is 2.10. The molecule has 0 atom stereocenters. The van der Waals surface area contributed by atoms with E-state index in [4.69, 9.17) is 26.8 Å². The topological polar surface area (TPSA) is 121 Å². The second-order valence-electron chi connectivity index (χ2n) is 4.36. The summed E-state index contributed by atoms with van der Waals surface area (Å²) in [6, 6.07) is 3.50. The molecule has 3 aromatic rings. The average molecular weight is 334 g/mol. The number of benzene rings is 1. The third-order valence-corrected chi connectivity index (χ3v) is 3.17. The third-order valence-electron chi connectivity index (χ3n) is 3.00. The largest absolute Gasteiger partial charge is 0.493 e. The zero-order valence-corrected chi connectivity index (χ0v) is 13.0. The first-order chi connectivity index (χ1) is 11.1. The highest BCUT2D eigenvalue weighted by atomic mass is 35.5. The van der Waals surface area contributed by atoms with Crippen molar-refractivity contribution < 1.29 is 9.47 Å². The molecule has 0 aliphatic heterocycles. The molecule has 0 aliphatic rings. The average Bonchev–Trinajstić information content (AvgIpc) is 2.53. The molecule has 9 nitrogen and oxygen atoms in total. The van der Waals surface area contributed by atoms with Gasteiger partial charge < -0.3 is 20.5 Å². The fourth-order valence-corrected chi connectivity index (χ4v) is 2.18. The van der Waals surface area contributed by atoms with Crippen LogP contribution in [0.4, 0.5) is 17.7 Å². The predicted molar refractivity (Wildman–Crippen MR) is 85.2 cm³/mol. The maximum absolute atomic E-state index is 5.77. The van der Waals surface area contributed by atoms with Crippen LogP contribution in [0.15, 0.2) is 18.5 Å². The van der Waals surface area contributed by atoms with Crippen LogP contribution in [-0.4, -0.2) is 39.1 Å². The highest BCUT2D eigenvalue weighted by Gasteiger charge is 2.12. The van der Waals surface area contributed by atoms with Crippen LogP contribution in [0, 0.1) is 0 Å². The van der Waals surface area contributed by atoms with Crippen molar-refractivity contribution in [2.75, 3.05) is 25.3 Å². The molecule has 0 saturated carbocycles. The van der Waals surface area contributed by atoms with Gasteiger partial charge in [0.1, 0.15) is 12.1 Å². The van der Waals surface area contributed by atoms with E-state index < -0.39 is 0 Å². The van der Waals surface area contributed by atoms with E-state index in [9.17, 15) is 0 Å². The maximum Gasteiger partial charge on any atom is 0.234 e. The summed E-state index contributed by atoms with van der Waals surface area (Å²) in [6.45, 7) is 0. The summed E-state index contributed by atoms with van der Waals surface area (Å²) in [5.74, 6) is 1.77. The molecule has 23 heavy (non-hydrogen) atoms. The lowest BCUT2D eigenvalue weighted by molar-refractivity contribution is 0.356. The molecule has 0 bridgehead atoms. The molecule has 3 N–H and O–H groups in total. The van der Waals surface area contributed by atoms with E-state index in [0.717, 1.165) is 0 Å². The van der Waals surface area contributed by atoms with Gasteiger partial charge in [-0.1, -0.05) is 0 Å². The van der Waals surface area contributed by atoms with Crippen LogP contribution in [0.3, 0.4) is 0 Å². The lowest BCUT2D eigenvalue weighted by Gasteiger charge is -2.11. The van der Waals surface area contributed by atoms with Gasteiger partial charge in [0.05, 0.1) is 19.7 Å². The van der Waals surface area contributed by atoms with Crippen LogP contribution in [0.1, 0.15) is 0 Å². The summed E-state index contributed by atoms with van der Waals surface area (Å²) in [5.41, 5.74) is 6.21. The Morgan fingerprint density at radius 2 is 1.78 bits per heavy atom. The van der Waals surface area contributed by atoms with Crippen molar-refractivity contribution in [2.24, 2.45) is 0 Å². The Hall–Kier alpha value is -2.94. The van der Waals surface area contributed by atoms with Gasteiger partial charge in [0, 0.05) is 11.5 Å². The number of nitrogens with zero attached hydrogens (tertiary/aromatic N) is 5. The number of anilines is 3. The monoisotopic (exact) mass is 333 g/mol. The van der Waals surface area contributed by atoms with Crippen LogP contribution in [0.25, 0.3) is 10.9 Å². The number of methoxy groups -OCH3 is 2.